The summed E-state index contributed by atoms with van der Waals surface area (Å²) in [4.78, 5) is 16.5. The lowest BCUT2D eigenvalue weighted by Gasteiger charge is -2.14. The van der Waals surface area contributed by atoms with E-state index in [9.17, 15) is 4.79 Å². The first-order chi connectivity index (χ1) is 11.7. The zero-order chi connectivity index (χ0) is 16.8. The Labute approximate surface area is 141 Å². The van der Waals surface area contributed by atoms with E-state index in [1.165, 1.54) is 0 Å². The SMILES string of the molecule is CC(Oc1ccccc1)C(=O)NCCCn1ccc2cccnc21. The zero-order valence-corrected chi connectivity index (χ0v) is 13.7. The van der Waals surface area contributed by atoms with Gasteiger partial charge >= 0.3 is 0 Å². The molecule has 1 amide bonds. The van der Waals surface area contributed by atoms with E-state index in [4.69, 9.17) is 4.74 Å². The van der Waals surface area contributed by atoms with E-state index in [0.29, 0.717) is 12.3 Å². The fourth-order valence-corrected chi connectivity index (χ4v) is 2.56. The predicted molar refractivity (Wildman–Crippen MR) is 93.9 cm³/mol. The van der Waals surface area contributed by atoms with Gasteiger partial charge in [-0.15, -0.1) is 0 Å². The van der Waals surface area contributed by atoms with Crippen LogP contribution < -0.4 is 10.1 Å². The average molecular weight is 323 g/mol. The van der Waals surface area contributed by atoms with Gasteiger partial charge in [0, 0.05) is 30.9 Å². The fraction of sp³-hybridized carbons (Fsp3) is 0.263. The second-order valence-corrected chi connectivity index (χ2v) is 5.64. The molecule has 124 valence electrons. The van der Waals surface area contributed by atoms with E-state index < -0.39 is 6.10 Å². The maximum Gasteiger partial charge on any atom is 0.260 e. The van der Waals surface area contributed by atoms with Crippen molar-refractivity contribution in [3.63, 3.8) is 0 Å². The first kappa shape index (κ1) is 16.1. The van der Waals surface area contributed by atoms with Gasteiger partial charge in [0.15, 0.2) is 6.10 Å². The standard InChI is InChI=1S/C19H21N3O2/c1-15(24-17-8-3-2-4-9-17)19(23)21-12-6-13-22-14-10-16-7-5-11-20-18(16)22/h2-5,7-11,14-15H,6,12-13H2,1H3,(H,21,23). The summed E-state index contributed by atoms with van der Waals surface area (Å²) in [6.07, 6.45) is 4.15. The predicted octanol–water partition coefficient (Wildman–Crippen LogP) is 3.01. The number of para-hydroxylation sites is 1. The van der Waals surface area contributed by atoms with Crippen molar-refractivity contribution >= 4 is 16.9 Å². The van der Waals surface area contributed by atoms with E-state index in [1.807, 2.05) is 48.7 Å². The highest BCUT2D eigenvalue weighted by atomic mass is 16.5. The number of nitrogens with zero attached hydrogens (tertiary/aromatic N) is 2. The summed E-state index contributed by atoms with van der Waals surface area (Å²) in [5.41, 5.74) is 0.976. The van der Waals surface area contributed by atoms with E-state index in [2.05, 4.69) is 20.9 Å². The minimum atomic E-state index is -0.513. The lowest BCUT2D eigenvalue weighted by molar-refractivity contribution is -0.127. The van der Waals surface area contributed by atoms with E-state index in [1.54, 1.807) is 13.1 Å². The zero-order valence-electron chi connectivity index (χ0n) is 13.7. The third-order valence-corrected chi connectivity index (χ3v) is 3.82. The molecule has 3 aromatic rings. The van der Waals surface area contributed by atoms with E-state index >= 15 is 0 Å². The van der Waals surface area contributed by atoms with Crippen LogP contribution in [0.4, 0.5) is 0 Å². The molecule has 0 bridgehead atoms. The molecular weight excluding hydrogens is 302 g/mol. The number of aromatic nitrogens is 2. The lowest BCUT2D eigenvalue weighted by Crippen LogP contribution is -2.37. The van der Waals surface area contributed by atoms with Gasteiger partial charge in [0.05, 0.1) is 0 Å². The van der Waals surface area contributed by atoms with Crippen molar-refractivity contribution in [3.8, 4) is 5.75 Å². The van der Waals surface area contributed by atoms with E-state index in [-0.39, 0.29) is 5.91 Å². The molecule has 0 spiro atoms. The highest BCUT2D eigenvalue weighted by Gasteiger charge is 2.13. The number of nitrogens with one attached hydrogen (secondary N) is 1. The molecule has 5 heteroatoms. The number of benzene rings is 1. The third kappa shape index (κ3) is 3.93. The number of ether oxygens (including phenoxy) is 1. The van der Waals surface area contributed by atoms with Crippen molar-refractivity contribution in [2.75, 3.05) is 6.54 Å². The Balaban J connectivity index is 1.43. The Morgan fingerprint density at radius 3 is 2.88 bits per heavy atom. The Kier molecular flexibility index (Phi) is 5.11. The summed E-state index contributed by atoms with van der Waals surface area (Å²) in [6, 6.07) is 15.4. The molecule has 0 saturated heterocycles. The number of hydrogen-bond acceptors (Lipinski definition) is 3. The average Bonchev–Trinajstić information content (AvgIpc) is 3.02. The van der Waals surface area contributed by atoms with Crippen LogP contribution in [0.5, 0.6) is 5.75 Å². The third-order valence-electron chi connectivity index (χ3n) is 3.82. The topological polar surface area (TPSA) is 56.1 Å². The van der Waals surface area contributed by atoms with Crippen molar-refractivity contribution in [1.82, 2.24) is 14.9 Å². The smallest absolute Gasteiger partial charge is 0.260 e. The molecule has 0 aliphatic rings. The van der Waals surface area contributed by atoms with Gasteiger partial charge < -0.3 is 14.6 Å². The lowest BCUT2D eigenvalue weighted by atomic mass is 10.3. The van der Waals surface area contributed by atoms with Crippen LogP contribution in [-0.2, 0) is 11.3 Å². The molecule has 0 aliphatic heterocycles. The number of fused-ring (bicyclic) bond motifs is 1. The molecule has 0 saturated carbocycles. The summed E-state index contributed by atoms with van der Waals surface area (Å²) in [6.45, 7) is 3.17. The van der Waals surface area contributed by atoms with Crippen molar-refractivity contribution in [2.24, 2.45) is 0 Å². The summed E-state index contributed by atoms with van der Waals surface area (Å²) in [5.74, 6) is 0.597. The summed E-state index contributed by atoms with van der Waals surface area (Å²) < 4.78 is 7.71. The van der Waals surface area contributed by atoms with Gasteiger partial charge in [-0.3, -0.25) is 4.79 Å². The fourth-order valence-electron chi connectivity index (χ4n) is 2.56. The van der Waals surface area contributed by atoms with E-state index in [0.717, 1.165) is 24.0 Å². The number of carbonyl (C=O) groups excluding carboxylic acids is 1. The van der Waals surface area contributed by atoms with Gasteiger partial charge in [-0.1, -0.05) is 18.2 Å². The molecule has 5 nitrogen and oxygen atoms in total. The van der Waals surface area contributed by atoms with Gasteiger partial charge in [0.1, 0.15) is 11.4 Å². The van der Waals surface area contributed by atoms with Crippen LogP contribution in [0.1, 0.15) is 13.3 Å². The van der Waals surface area contributed by atoms with Gasteiger partial charge in [-0.05, 0) is 43.7 Å². The summed E-state index contributed by atoms with van der Waals surface area (Å²) >= 11 is 0. The van der Waals surface area contributed by atoms with Crippen LogP contribution >= 0.6 is 0 Å². The largest absolute Gasteiger partial charge is 0.481 e. The Morgan fingerprint density at radius 2 is 2.04 bits per heavy atom. The Hall–Kier alpha value is -2.82. The quantitative estimate of drug-likeness (QED) is 0.680. The van der Waals surface area contributed by atoms with Crippen molar-refractivity contribution in [2.45, 2.75) is 26.0 Å². The van der Waals surface area contributed by atoms with Gasteiger partial charge in [0.25, 0.3) is 5.91 Å². The molecule has 2 aromatic heterocycles. The molecule has 0 aliphatic carbocycles. The molecule has 0 radical (unpaired) electrons. The summed E-state index contributed by atoms with van der Waals surface area (Å²) in [7, 11) is 0. The van der Waals surface area contributed by atoms with Crippen LogP contribution in [0.15, 0.2) is 60.9 Å². The van der Waals surface area contributed by atoms with Gasteiger partial charge in [-0.25, -0.2) is 4.98 Å². The Bertz CT molecular complexity index is 798. The van der Waals surface area contributed by atoms with Gasteiger partial charge in [0.2, 0.25) is 0 Å². The second-order valence-electron chi connectivity index (χ2n) is 5.64. The molecule has 1 N–H and O–H groups in total. The highest BCUT2D eigenvalue weighted by molar-refractivity contribution is 5.80. The maximum atomic E-state index is 12.1. The number of carbonyl (C=O) groups is 1. The molecule has 24 heavy (non-hydrogen) atoms. The Morgan fingerprint density at radius 1 is 1.21 bits per heavy atom. The van der Waals surface area contributed by atoms with Crippen LogP contribution in [0.3, 0.4) is 0 Å². The molecule has 3 rings (SSSR count). The van der Waals surface area contributed by atoms with Crippen molar-refractivity contribution < 1.29 is 9.53 Å². The summed E-state index contributed by atoms with van der Waals surface area (Å²) in [5, 5.41) is 4.05. The maximum absolute atomic E-state index is 12.1. The minimum Gasteiger partial charge on any atom is -0.481 e. The highest BCUT2D eigenvalue weighted by Crippen LogP contribution is 2.13. The monoisotopic (exact) mass is 323 g/mol. The van der Waals surface area contributed by atoms with Gasteiger partial charge in [-0.2, -0.15) is 0 Å². The molecular formula is C19H21N3O2. The first-order valence-corrected chi connectivity index (χ1v) is 8.13. The number of hydrogen-bond donors (Lipinski definition) is 1. The van der Waals surface area contributed by atoms with Crippen LogP contribution in [0.2, 0.25) is 0 Å². The number of pyridine rings is 1. The molecule has 2 heterocycles. The number of rotatable bonds is 7. The first-order valence-electron chi connectivity index (χ1n) is 8.13. The molecule has 1 aromatic carbocycles. The molecule has 0 fully saturated rings. The van der Waals surface area contributed by atoms with Crippen LogP contribution in [0, 0.1) is 0 Å². The number of aryl methyl sites for hydroxylation is 1. The van der Waals surface area contributed by atoms with Crippen LogP contribution in [0.25, 0.3) is 11.0 Å². The second kappa shape index (κ2) is 7.64. The van der Waals surface area contributed by atoms with Crippen molar-refractivity contribution in [3.05, 3.63) is 60.9 Å². The van der Waals surface area contributed by atoms with Crippen molar-refractivity contribution in [1.29, 1.82) is 0 Å². The normalized spacial score (nSPS) is 12.0. The number of amides is 1. The minimum absolute atomic E-state index is 0.102. The van der Waals surface area contributed by atoms with Crippen LogP contribution in [-0.4, -0.2) is 28.1 Å². The molecule has 1 unspecified atom stereocenters. The molecule has 1 atom stereocenters.